The Kier molecular flexibility index (Phi) is 4.33. The first-order valence-corrected chi connectivity index (χ1v) is 11.0. The number of aryl methyl sites for hydroxylation is 1. The molecule has 8 heteroatoms. The molecule has 1 saturated heterocycles. The minimum atomic E-state index is -0.351. The van der Waals surface area contributed by atoms with Crippen molar-refractivity contribution in [1.82, 2.24) is 19.3 Å². The fraction of sp³-hybridized carbons (Fsp3) is 0.375. The van der Waals surface area contributed by atoms with Crippen molar-refractivity contribution in [2.45, 2.75) is 43.6 Å². The molecule has 0 spiro atoms. The van der Waals surface area contributed by atoms with Crippen LogP contribution in [-0.4, -0.2) is 25.9 Å². The summed E-state index contributed by atoms with van der Waals surface area (Å²) in [6, 6.07) is 10.5. The Bertz CT molecular complexity index is 1250. The van der Waals surface area contributed by atoms with E-state index in [1.165, 1.54) is 12.8 Å². The van der Waals surface area contributed by atoms with E-state index in [0.29, 0.717) is 24.0 Å². The Morgan fingerprint density at radius 2 is 2.00 bits per heavy atom. The van der Waals surface area contributed by atoms with Gasteiger partial charge < -0.3 is 19.8 Å². The largest absolute Gasteiger partial charge is 0.422 e. The average Bonchev–Trinajstić information content (AvgIpc) is 3.19. The van der Waals surface area contributed by atoms with Gasteiger partial charge in [0.15, 0.2) is 0 Å². The van der Waals surface area contributed by atoms with Gasteiger partial charge in [-0.1, -0.05) is 12.1 Å². The van der Waals surface area contributed by atoms with Crippen LogP contribution in [0.5, 0.6) is 5.88 Å². The maximum atomic E-state index is 9.95. The summed E-state index contributed by atoms with van der Waals surface area (Å²) in [5.74, 6) is 2.02. The lowest BCUT2D eigenvalue weighted by atomic mass is 9.83. The fourth-order valence-corrected chi connectivity index (χ4v) is 4.87. The topological polar surface area (TPSA) is 104 Å². The van der Waals surface area contributed by atoms with Gasteiger partial charge in [-0.2, -0.15) is 10.4 Å². The Balaban J connectivity index is 1.45. The zero-order chi connectivity index (χ0) is 21.8. The maximum absolute atomic E-state index is 9.95. The maximum Gasteiger partial charge on any atom is 0.224 e. The van der Waals surface area contributed by atoms with Crippen molar-refractivity contribution in [2.24, 2.45) is 12.8 Å². The molecule has 1 aromatic carbocycles. The number of rotatable bonds is 4. The highest BCUT2D eigenvalue weighted by Gasteiger charge is 2.39. The van der Waals surface area contributed by atoms with Crippen molar-refractivity contribution >= 4 is 0 Å². The highest BCUT2D eigenvalue weighted by molar-refractivity contribution is 5.56. The molecular weight excluding hydrogens is 404 g/mol. The van der Waals surface area contributed by atoms with Gasteiger partial charge in [0, 0.05) is 37.7 Å². The molecule has 32 heavy (non-hydrogen) atoms. The van der Waals surface area contributed by atoms with Gasteiger partial charge in [-0.3, -0.25) is 0 Å². The summed E-state index contributed by atoms with van der Waals surface area (Å²) in [7, 11) is 1.83. The van der Waals surface area contributed by atoms with Crippen LogP contribution < -0.4 is 10.5 Å². The van der Waals surface area contributed by atoms with Crippen LogP contribution >= 0.6 is 0 Å². The minimum absolute atomic E-state index is 0.0957. The molecule has 2 fully saturated rings. The van der Waals surface area contributed by atoms with Gasteiger partial charge in [-0.15, -0.1) is 0 Å². The molecule has 4 heterocycles. The summed E-state index contributed by atoms with van der Waals surface area (Å²) < 4.78 is 15.6. The summed E-state index contributed by atoms with van der Waals surface area (Å²) in [5.41, 5.74) is 10.3. The molecule has 1 aliphatic carbocycles. The molecule has 2 aliphatic heterocycles. The summed E-state index contributed by atoms with van der Waals surface area (Å²) in [4.78, 5) is 4.54. The van der Waals surface area contributed by atoms with Crippen molar-refractivity contribution in [3.05, 3.63) is 70.8 Å². The van der Waals surface area contributed by atoms with Crippen LogP contribution in [0.2, 0.25) is 0 Å². The van der Waals surface area contributed by atoms with Gasteiger partial charge in [0.25, 0.3) is 0 Å². The fourth-order valence-electron chi connectivity index (χ4n) is 4.87. The van der Waals surface area contributed by atoms with Crippen LogP contribution in [0, 0.1) is 11.3 Å². The summed E-state index contributed by atoms with van der Waals surface area (Å²) in [6.45, 7) is 0.716. The lowest BCUT2D eigenvalue weighted by molar-refractivity contribution is 0.107. The van der Waals surface area contributed by atoms with Crippen molar-refractivity contribution in [3.63, 3.8) is 0 Å². The van der Waals surface area contributed by atoms with Crippen molar-refractivity contribution < 1.29 is 9.47 Å². The van der Waals surface area contributed by atoms with E-state index in [1.54, 1.807) is 4.68 Å². The second-order valence-electron chi connectivity index (χ2n) is 8.68. The number of imidazole rings is 1. The van der Waals surface area contributed by atoms with E-state index in [2.05, 4.69) is 39.9 Å². The number of allylic oxidation sites excluding steroid dienone is 1. The van der Waals surface area contributed by atoms with E-state index in [4.69, 9.17) is 20.3 Å². The third-order valence-corrected chi connectivity index (χ3v) is 6.58. The summed E-state index contributed by atoms with van der Waals surface area (Å²) >= 11 is 0. The smallest absolute Gasteiger partial charge is 0.224 e. The van der Waals surface area contributed by atoms with Crippen LogP contribution in [0.3, 0.4) is 0 Å². The predicted octanol–water partition coefficient (Wildman–Crippen LogP) is 3.55. The van der Waals surface area contributed by atoms with E-state index in [1.807, 2.05) is 19.4 Å². The normalized spacial score (nSPS) is 22.5. The SMILES string of the molecule is Cn1nc(C2CCCO2)c2c1OC(N)=C(C#N)C2c1ccc(-n2ccnc2C2CC2)cc1. The molecule has 162 valence electrons. The third kappa shape index (κ3) is 2.93. The van der Waals surface area contributed by atoms with E-state index in [0.717, 1.165) is 41.2 Å². The molecule has 2 aromatic heterocycles. The molecule has 8 nitrogen and oxygen atoms in total. The Morgan fingerprint density at radius 1 is 1.19 bits per heavy atom. The molecule has 2 atom stereocenters. The minimum Gasteiger partial charge on any atom is -0.422 e. The number of benzene rings is 1. The lowest BCUT2D eigenvalue weighted by Crippen LogP contribution is -2.22. The van der Waals surface area contributed by atoms with Crippen LogP contribution in [0.25, 0.3) is 5.69 Å². The van der Waals surface area contributed by atoms with Crippen molar-refractivity contribution in [2.75, 3.05) is 6.61 Å². The second kappa shape index (κ2) is 7.24. The number of nitrogens with zero attached hydrogens (tertiary/aromatic N) is 5. The lowest BCUT2D eigenvalue weighted by Gasteiger charge is -2.25. The molecule has 0 amide bonds. The molecule has 3 aliphatic rings. The number of hydrogen-bond donors (Lipinski definition) is 1. The molecule has 1 saturated carbocycles. The van der Waals surface area contributed by atoms with Gasteiger partial charge >= 0.3 is 0 Å². The first-order valence-electron chi connectivity index (χ1n) is 11.0. The molecular formula is C24H24N6O2. The summed E-state index contributed by atoms with van der Waals surface area (Å²) in [5, 5.41) is 14.7. The zero-order valence-electron chi connectivity index (χ0n) is 17.9. The number of nitrogens with two attached hydrogens (primary N) is 1. The number of fused-ring (bicyclic) bond motifs is 1. The van der Waals surface area contributed by atoms with Crippen LogP contribution in [0.1, 0.15) is 66.3 Å². The quantitative estimate of drug-likeness (QED) is 0.681. The molecule has 2 N–H and O–H groups in total. The Morgan fingerprint density at radius 3 is 2.69 bits per heavy atom. The van der Waals surface area contributed by atoms with Crippen molar-refractivity contribution in [1.29, 1.82) is 5.26 Å². The molecule has 6 rings (SSSR count). The zero-order valence-corrected chi connectivity index (χ0v) is 17.9. The van der Waals surface area contributed by atoms with Crippen LogP contribution in [0.4, 0.5) is 0 Å². The Hall–Kier alpha value is -3.57. The first kappa shape index (κ1) is 19.1. The molecule has 2 unspecified atom stereocenters. The second-order valence-corrected chi connectivity index (χ2v) is 8.68. The Labute approximate surface area is 185 Å². The predicted molar refractivity (Wildman–Crippen MR) is 116 cm³/mol. The van der Waals surface area contributed by atoms with E-state index in [-0.39, 0.29) is 17.9 Å². The van der Waals surface area contributed by atoms with E-state index >= 15 is 0 Å². The van der Waals surface area contributed by atoms with Gasteiger partial charge in [-0.05, 0) is 43.4 Å². The van der Waals surface area contributed by atoms with Crippen molar-refractivity contribution in [3.8, 4) is 17.6 Å². The number of aromatic nitrogens is 4. The van der Waals surface area contributed by atoms with Gasteiger partial charge in [0.1, 0.15) is 23.6 Å². The molecule has 0 radical (unpaired) electrons. The number of hydrogen-bond acceptors (Lipinski definition) is 6. The van der Waals surface area contributed by atoms with Gasteiger partial charge in [0.05, 0.1) is 17.2 Å². The highest BCUT2D eigenvalue weighted by Crippen LogP contribution is 2.47. The standard InChI is InChI=1S/C24H24N6O2/c1-29-24-20(21(28-29)18-3-2-12-31-18)19(17(13-25)22(26)32-24)14-6-8-16(9-7-14)30-11-10-27-23(30)15-4-5-15/h6-11,15,18-19H,2-5,12,26H2,1H3. The van der Waals surface area contributed by atoms with Gasteiger partial charge in [0.2, 0.25) is 11.8 Å². The monoisotopic (exact) mass is 428 g/mol. The van der Waals surface area contributed by atoms with Gasteiger partial charge in [-0.25, -0.2) is 9.67 Å². The average molecular weight is 428 g/mol. The third-order valence-electron chi connectivity index (χ3n) is 6.58. The highest BCUT2D eigenvalue weighted by atomic mass is 16.5. The van der Waals surface area contributed by atoms with E-state index in [9.17, 15) is 5.26 Å². The molecule has 3 aromatic rings. The summed E-state index contributed by atoms with van der Waals surface area (Å²) in [6.07, 6.45) is 8.05. The number of ether oxygens (including phenoxy) is 2. The number of nitriles is 1. The van der Waals surface area contributed by atoms with E-state index < -0.39 is 0 Å². The van der Waals surface area contributed by atoms with Crippen LogP contribution in [0.15, 0.2) is 48.1 Å². The first-order chi connectivity index (χ1) is 15.7. The molecule has 0 bridgehead atoms. The van der Waals surface area contributed by atoms with Crippen LogP contribution in [-0.2, 0) is 11.8 Å².